The van der Waals surface area contributed by atoms with Crippen molar-refractivity contribution in [1.82, 2.24) is 0 Å². The smallest absolute Gasteiger partial charge is 0.339 e. The summed E-state index contributed by atoms with van der Waals surface area (Å²) in [6.07, 6.45) is 0. The number of hydrogen-bond donors (Lipinski definition) is 0. The van der Waals surface area contributed by atoms with Gasteiger partial charge in [0.2, 0.25) is 0 Å². The summed E-state index contributed by atoms with van der Waals surface area (Å²) in [6.45, 7) is 0. The van der Waals surface area contributed by atoms with Crippen molar-refractivity contribution < 1.29 is 17.5 Å². The zero-order valence-electron chi connectivity index (χ0n) is 11.7. The van der Waals surface area contributed by atoms with Crippen LogP contribution in [0.15, 0.2) is 71.6 Å². The van der Waals surface area contributed by atoms with E-state index >= 15 is 0 Å². The lowest BCUT2D eigenvalue weighted by Crippen LogP contribution is -2.10. The van der Waals surface area contributed by atoms with Crippen LogP contribution in [0.3, 0.4) is 0 Å². The Kier molecular flexibility index (Phi) is 3.71. The summed E-state index contributed by atoms with van der Waals surface area (Å²) >= 11 is 0. The second kappa shape index (κ2) is 5.69. The molecule has 0 amide bonds. The summed E-state index contributed by atoms with van der Waals surface area (Å²) in [6, 6.07) is 16.8. The molecule has 3 aromatic rings. The van der Waals surface area contributed by atoms with Gasteiger partial charge in [-0.05, 0) is 23.6 Å². The molecule has 0 bridgehead atoms. The van der Waals surface area contributed by atoms with Gasteiger partial charge < -0.3 is 4.18 Å². The molecule has 3 aromatic carbocycles. The van der Waals surface area contributed by atoms with Gasteiger partial charge in [0.15, 0.2) is 0 Å². The number of hydrogen-bond acceptors (Lipinski definition) is 5. The van der Waals surface area contributed by atoms with Gasteiger partial charge in [0.25, 0.3) is 5.69 Å². The van der Waals surface area contributed by atoms with Crippen LogP contribution in [-0.2, 0) is 10.1 Å². The van der Waals surface area contributed by atoms with E-state index in [1.165, 1.54) is 30.3 Å². The van der Waals surface area contributed by atoms with Crippen molar-refractivity contribution in [2.75, 3.05) is 0 Å². The zero-order chi connectivity index (χ0) is 16.4. The number of benzene rings is 3. The van der Waals surface area contributed by atoms with Crippen LogP contribution in [0.25, 0.3) is 10.8 Å². The molecule has 0 atom stereocenters. The summed E-state index contributed by atoms with van der Waals surface area (Å²) in [5, 5.41) is 11.9. The fraction of sp³-hybridized carbons (Fsp3) is 0. The standard InChI is InChI=1S/C16H11NO5S/c18-17(19)13-8-10-14(11-9-13)22-23(20,21)16-7-3-5-12-4-1-2-6-15(12)16/h1-11H. The average molecular weight is 329 g/mol. The fourth-order valence-corrected chi connectivity index (χ4v) is 3.36. The largest absolute Gasteiger partial charge is 0.379 e. The van der Waals surface area contributed by atoms with E-state index in [1.807, 2.05) is 6.07 Å². The maximum Gasteiger partial charge on any atom is 0.339 e. The first-order valence-corrected chi connectivity index (χ1v) is 8.05. The van der Waals surface area contributed by atoms with E-state index < -0.39 is 15.0 Å². The highest BCUT2D eigenvalue weighted by Crippen LogP contribution is 2.26. The van der Waals surface area contributed by atoms with Gasteiger partial charge in [-0.25, -0.2) is 0 Å². The molecule has 23 heavy (non-hydrogen) atoms. The minimum atomic E-state index is -4.04. The fourth-order valence-electron chi connectivity index (χ4n) is 2.21. The number of nitro groups is 1. The third-order valence-electron chi connectivity index (χ3n) is 3.27. The summed E-state index contributed by atoms with van der Waals surface area (Å²) in [4.78, 5) is 10.1. The van der Waals surface area contributed by atoms with E-state index in [1.54, 1.807) is 30.3 Å². The topological polar surface area (TPSA) is 86.5 Å². The first-order chi connectivity index (χ1) is 11.0. The average Bonchev–Trinajstić information content (AvgIpc) is 2.54. The third-order valence-corrected chi connectivity index (χ3v) is 4.58. The lowest BCUT2D eigenvalue weighted by Gasteiger charge is -2.09. The first kappa shape index (κ1) is 15.0. The van der Waals surface area contributed by atoms with Crippen LogP contribution in [0, 0.1) is 10.1 Å². The first-order valence-electron chi connectivity index (χ1n) is 6.64. The van der Waals surface area contributed by atoms with Crippen LogP contribution in [0.2, 0.25) is 0 Å². The summed E-state index contributed by atoms with van der Waals surface area (Å²) in [7, 11) is -4.04. The van der Waals surface area contributed by atoms with Gasteiger partial charge in [-0.1, -0.05) is 36.4 Å². The van der Waals surface area contributed by atoms with Crippen molar-refractivity contribution >= 4 is 26.6 Å². The van der Waals surface area contributed by atoms with Crippen molar-refractivity contribution in [3.05, 3.63) is 76.8 Å². The van der Waals surface area contributed by atoms with Crippen LogP contribution in [0.4, 0.5) is 5.69 Å². The predicted molar refractivity (Wildman–Crippen MR) is 84.9 cm³/mol. The predicted octanol–water partition coefficient (Wildman–Crippen LogP) is 3.52. The maximum atomic E-state index is 12.5. The van der Waals surface area contributed by atoms with Gasteiger partial charge in [-0.3, -0.25) is 10.1 Å². The summed E-state index contributed by atoms with van der Waals surface area (Å²) in [5.41, 5.74) is -0.139. The quantitative estimate of drug-likeness (QED) is 0.415. The molecule has 0 aromatic heterocycles. The van der Waals surface area contributed by atoms with Gasteiger partial charge in [0, 0.05) is 17.5 Å². The second-order valence-electron chi connectivity index (χ2n) is 4.77. The molecule has 0 N–H and O–H groups in total. The van der Waals surface area contributed by atoms with Crippen molar-refractivity contribution in [1.29, 1.82) is 0 Å². The minimum Gasteiger partial charge on any atom is -0.379 e. The molecule has 0 heterocycles. The normalized spacial score (nSPS) is 11.3. The van der Waals surface area contributed by atoms with Crippen LogP contribution in [0.5, 0.6) is 5.75 Å². The molecule has 0 saturated carbocycles. The molecule has 0 aliphatic heterocycles. The van der Waals surface area contributed by atoms with Crippen molar-refractivity contribution in [2.45, 2.75) is 4.90 Å². The summed E-state index contributed by atoms with van der Waals surface area (Å²) in [5.74, 6) is 0.0172. The van der Waals surface area contributed by atoms with Crippen molar-refractivity contribution in [3.8, 4) is 5.75 Å². The van der Waals surface area contributed by atoms with Gasteiger partial charge in [0.05, 0.1) is 4.92 Å². The molecule has 6 nitrogen and oxygen atoms in total. The van der Waals surface area contributed by atoms with Gasteiger partial charge >= 0.3 is 10.1 Å². The molecule has 0 unspecified atom stereocenters. The number of nitro benzene ring substituents is 1. The Morgan fingerprint density at radius 2 is 1.52 bits per heavy atom. The second-order valence-corrected chi connectivity index (χ2v) is 6.28. The molecule has 0 radical (unpaired) electrons. The van der Waals surface area contributed by atoms with Crippen LogP contribution in [-0.4, -0.2) is 13.3 Å². The lowest BCUT2D eigenvalue weighted by molar-refractivity contribution is -0.384. The Hall–Kier alpha value is -2.93. The van der Waals surface area contributed by atoms with Crippen LogP contribution >= 0.6 is 0 Å². The third kappa shape index (κ3) is 3.00. The molecular weight excluding hydrogens is 318 g/mol. The van der Waals surface area contributed by atoms with Crippen molar-refractivity contribution in [2.24, 2.45) is 0 Å². The Labute approximate surface area is 132 Å². The van der Waals surface area contributed by atoms with Crippen molar-refractivity contribution in [3.63, 3.8) is 0 Å². The van der Waals surface area contributed by atoms with Crippen LogP contribution < -0.4 is 4.18 Å². The molecule has 0 saturated heterocycles. The number of rotatable bonds is 4. The van der Waals surface area contributed by atoms with E-state index in [-0.39, 0.29) is 16.3 Å². The Morgan fingerprint density at radius 1 is 0.870 bits per heavy atom. The molecular formula is C16H11NO5S. The Balaban J connectivity index is 1.99. The van der Waals surface area contributed by atoms with E-state index in [0.717, 1.165) is 5.39 Å². The molecule has 0 aliphatic rings. The minimum absolute atomic E-state index is 0.0172. The summed E-state index contributed by atoms with van der Waals surface area (Å²) < 4.78 is 30.0. The highest BCUT2D eigenvalue weighted by atomic mass is 32.2. The number of fused-ring (bicyclic) bond motifs is 1. The molecule has 3 rings (SSSR count). The zero-order valence-corrected chi connectivity index (χ0v) is 12.6. The highest BCUT2D eigenvalue weighted by molar-refractivity contribution is 7.87. The van der Waals surface area contributed by atoms with E-state index in [0.29, 0.717) is 5.39 Å². The molecule has 0 fully saturated rings. The molecule has 0 spiro atoms. The molecule has 116 valence electrons. The van der Waals surface area contributed by atoms with Gasteiger partial charge in [0.1, 0.15) is 10.6 Å². The van der Waals surface area contributed by atoms with E-state index in [2.05, 4.69) is 0 Å². The monoisotopic (exact) mass is 329 g/mol. The number of non-ortho nitro benzene ring substituents is 1. The van der Waals surface area contributed by atoms with E-state index in [9.17, 15) is 18.5 Å². The number of nitrogens with zero attached hydrogens (tertiary/aromatic N) is 1. The van der Waals surface area contributed by atoms with Gasteiger partial charge in [-0.15, -0.1) is 0 Å². The lowest BCUT2D eigenvalue weighted by atomic mass is 10.1. The van der Waals surface area contributed by atoms with E-state index in [4.69, 9.17) is 4.18 Å². The Morgan fingerprint density at radius 3 is 2.22 bits per heavy atom. The van der Waals surface area contributed by atoms with Crippen LogP contribution in [0.1, 0.15) is 0 Å². The van der Waals surface area contributed by atoms with Gasteiger partial charge in [-0.2, -0.15) is 8.42 Å². The molecule has 7 heteroatoms. The highest BCUT2D eigenvalue weighted by Gasteiger charge is 2.20. The SMILES string of the molecule is O=[N+]([O-])c1ccc(OS(=O)(=O)c2cccc3ccccc23)cc1. The Bertz CT molecular complexity index is 976. The maximum absolute atomic E-state index is 12.5. The molecule has 0 aliphatic carbocycles.